The lowest BCUT2D eigenvalue weighted by Crippen LogP contribution is -2.33. The molecule has 1 saturated heterocycles. The molecule has 192 valence electrons. The maximum absolute atomic E-state index is 13.1. The molecule has 0 unspecified atom stereocenters. The third-order valence-electron chi connectivity index (χ3n) is 6.01. The van der Waals surface area contributed by atoms with Crippen LogP contribution in [0.4, 0.5) is 16.2 Å². The van der Waals surface area contributed by atoms with Crippen LogP contribution in [0.2, 0.25) is 0 Å². The Labute approximate surface area is 221 Å². The number of hydrogen-bond donors (Lipinski definition) is 3. The minimum absolute atomic E-state index is 0. The second-order valence-electron chi connectivity index (χ2n) is 8.29. The Morgan fingerprint density at radius 3 is 2.30 bits per heavy atom. The summed E-state index contributed by atoms with van der Waals surface area (Å²) in [7, 11) is 1.32. The molecule has 0 spiro atoms. The number of methoxy groups -OCH3 is 1. The van der Waals surface area contributed by atoms with Gasteiger partial charge in [0.1, 0.15) is 5.84 Å². The first kappa shape index (κ1) is 27.2. The number of nitrogens with two attached hydrogens (primary N) is 1. The van der Waals surface area contributed by atoms with Gasteiger partial charge in [0.05, 0.1) is 24.9 Å². The van der Waals surface area contributed by atoms with Gasteiger partial charge >= 0.3 is 12.0 Å². The van der Waals surface area contributed by atoms with Gasteiger partial charge in [0.15, 0.2) is 0 Å². The highest BCUT2D eigenvalue weighted by molar-refractivity contribution is 6.08. The van der Waals surface area contributed by atoms with Crippen LogP contribution in [-0.4, -0.2) is 55.4 Å². The quantitative estimate of drug-likeness (QED) is 0.233. The molecule has 3 aromatic carbocycles. The molecule has 37 heavy (non-hydrogen) atoms. The molecule has 1 heterocycles. The van der Waals surface area contributed by atoms with Crippen molar-refractivity contribution in [2.45, 2.75) is 6.42 Å². The third kappa shape index (κ3) is 6.25. The van der Waals surface area contributed by atoms with E-state index in [-0.39, 0.29) is 49.1 Å². The van der Waals surface area contributed by atoms with Gasteiger partial charge in [0.2, 0.25) is 0 Å². The van der Waals surface area contributed by atoms with Crippen molar-refractivity contribution in [2.75, 3.05) is 37.0 Å². The number of benzene rings is 3. The fourth-order valence-corrected chi connectivity index (χ4v) is 4.02. The average molecular weight is 522 g/mol. The number of esters is 1. The molecule has 3 amide bonds. The normalized spacial score (nSPS) is 12.6. The number of ether oxygens (including phenoxy) is 1. The lowest BCUT2D eigenvalue weighted by atomic mass is 10.0. The van der Waals surface area contributed by atoms with E-state index in [0.29, 0.717) is 35.6 Å². The number of rotatable bonds is 8. The summed E-state index contributed by atoms with van der Waals surface area (Å²) in [6.07, 6.45) is 0.114. The van der Waals surface area contributed by atoms with Gasteiger partial charge in [-0.25, -0.2) is 4.79 Å². The maximum atomic E-state index is 13.1. The summed E-state index contributed by atoms with van der Waals surface area (Å²) in [5.41, 5.74) is 9.42. The summed E-state index contributed by atoms with van der Waals surface area (Å²) in [5.74, 6) is -0.690. The topological polar surface area (TPSA) is 129 Å². The molecule has 1 aliphatic heterocycles. The molecule has 0 bridgehead atoms. The van der Waals surface area contributed by atoms with Crippen LogP contribution in [0, 0.1) is 5.41 Å². The lowest BCUT2D eigenvalue weighted by Gasteiger charge is -2.22. The first-order valence-electron chi connectivity index (χ1n) is 11.5. The van der Waals surface area contributed by atoms with Crippen LogP contribution in [0.15, 0.2) is 72.8 Å². The number of nitrogens with zero attached hydrogens (tertiary/aromatic N) is 2. The Morgan fingerprint density at radius 1 is 0.973 bits per heavy atom. The van der Waals surface area contributed by atoms with Crippen molar-refractivity contribution in [3.05, 3.63) is 83.9 Å². The van der Waals surface area contributed by atoms with Crippen molar-refractivity contribution in [3.63, 3.8) is 0 Å². The Balaban J connectivity index is 0.00000380. The summed E-state index contributed by atoms with van der Waals surface area (Å²) in [4.78, 5) is 40.8. The molecule has 0 saturated carbocycles. The van der Waals surface area contributed by atoms with E-state index in [4.69, 9.17) is 11.1 Å². The second-order valence-corrected chi connectivity index (χ2v) is 8.29. The van der Waals surface area contributed by atoms with Crippen LogP contribution in [-0.2, 0) is 9.53 Å². The number of amides is 3. The van der Waals surface area contributed by atoms with E-state index < -0.39 is 0 Å². The molecule has 9 nitrogen and oxygen atoms in total. The summed E-state index contributed by atoms with van der Waals surface area (Å²) in [5, 5.41) is 10.5. The van der Waals surface area contributed by atoms with E-state index in [1.54, 1.807) is 52.3 Å². The maximum Gasteiger partial charge on any atom is 0.324 e. The largest absolute Gasteiger partial charge is 0.469 e. The van der Waals surface area contributed by atoms with Crippen molar-refractivity contribution >= 4 is 47.5 Å². The Bertz CT molecular complexity index is 1300. The number of urea groups is 1. The monoisotopic (exact) mass is 521 g/mol. The van der Waals surface area contributed by atoms with Gasteiger partial charge < -0.3 is 20.7 Å². The minimum atomic E-state index is -0.378. The summed E-state index contributed by atoms with van der Waals surface area (Å²) >= 11 is 0. The van der Waals surface area contributed by atoms with Crippen molar-refractivity contribution in [1.82, 2.24) is 4.90 Å². The molecular formula is C27H28ClN5O4. The molecule has 4 rings (SSSR count). The predicted octanol–water partition coefficient (Wildman–Crippen LogP) is 4.12. The van der Waals surface area contributed by atoms with Crippen LogP contribution in [0.5, 0.6) is 0 Å². The number of hydrogen-bond acceptors (Lipinski definition) is 5. The first-order valence-corrected chi connectivity index (χ1v) is 11.5. The fraction of sp³-hybridized carbons (Fsp3) is 0.185. The predicted molar refractivity (Wildman–Crippen MR) is 145 cm³/mol. The van der Waals surface area contributed by atoms with Crippen molar-refractivity contribution in [1.29, 1.82) is 5.41 Å². The average Bonchev–Trinajstić information content (AvgIpc) is 3.27. The van der Waals surface area contributed by atoms with E-state index in [1.165, 1.54) is 7.11 Å². The summed E-state index contributed by atoms with van der Waals surface area (Å²) < 4.78 is 4.68. The fourth-order valence-electron chi connectivity index (χ4n) is 4.02. The molecule has 3 aromatic rings. The van der Waals surface area contributed by atoms with Crippen LogP contribution >= 0.6 is 12.4 Å². The molecule has 1 fully saturated rings. The zero-order valence-electron chi connectivity index (χ0n) is 20.3. The van der Waals surface area contributed by atoms with Gasteiger partial charge in [-0.2, -0.15) is 0 Å². The van der Waals surface area contributed by atoms with Crippen molar-refractivity contribution in [3.8, 4) is 11.1 Å². The van der Waals surface area contributed by atoms with Gasteiger partial charge in [0, 0.05) is 30.8 Å². The van der Waals surface area contributed by atoms with Crippen molar-refractivity contribution in [2.24, 2.45) is 5.73 Å². The van der Waals surface area contributed by atoms with E-state index in [2.05, 4.69) is 10.1 Å². The standard InChI is InChI=1S/C27H27N5O4.ClH/c1-36-24(33)13-14-31-15-16-32(27(31)35)23-12-11-21(18-7-9-19(10-8-18)25(28)29)17-22(23)30-26(34)20-5-3-2-4-6-20;/h2-12,17H,13-16H2,1H3,(H3,28,29)(H,30,34);1H. The van der Waals surface area contributed by atoms with Crippen LogP contribution in [0.3, 0.4) is 0 Å². The van der Waals surface area contributed by atoms with Crippen molar-refractivity contribution < 1.29 is 19.1 Å². The minimum Gasteiger partial charge on any atom is -0.469 e. The van der Waals surface area contributed by atoms with Gasteiger partial charge in [-0.3, -0.25) is 19.9 Å². The highest BCUT2D eigenvalue weighted by atomic mass is 35.5. The van der Waals surface area contributed by atoms with Gasteiger partial charge in [-0.05, 0) is 35.4 Å². The second kappa shape index (κ2) is 12.0. The van der Waals surface area contributed by atoms with E-state index in [9.17, 15) is 14.4 Å². The third-order valence-corrected chi connectivity index (χ3v) is 6.01. The number of carbonyl (C=O) groups is 3. The van der Waals surface area contributed by atoms with Gasteiger partial charge in [-0.1, -0.05) is 48.5 Å². The van der Waals surface area contributed by atoms with E-state index in [1.807, 2.05) is 30.3 Å². The number of nitrogens with one attached hydrogen (secondary N) is 2. The highest BCUT2D eigenvalue weighted by Gasteiger charge is 2.31. The number of anilines is 2. The Kier molecular flexibility index (Phi) is 8.86. The van der Waals surface area contributed by atoms with Crippen LogP contribution in [0.1, 0.15) is 22.3 Å². The highest BCUT2D eigenvalue weighted by Crippen LogP contribution is 2.34. The molecule has 0 aromatic heterocycles. The number of nitrogen functional groups attached to an aromatic ring is 1. The van der Waals surface area contributed by atoms with Gasteiger partial charge in [-0.15, -0.1) is 12.4 Å². The van der Waals surface area contributed by atoms with Gasteiger partial charge in [0.25, 0.3) is 5.91 Å². The van der Waals surface area contributed by atoms with E-state index in [0.717, 1.165) is 11.1 Å². The zero-order chi connectivity index (χ0) is 25.7. The SMILES string of the molecule is COC(=O)CCN1CCN(c2ccc(-c3ccc(C(=N)N)cc3)cc2NC(=O)c2ccccc2)C1=O.Cl. The molecule has 1 aliphatic rings. The molecule has 0 aliphatic carbocycles. The smallest absolute Gasteiger partial charge is 0.324 e. The lowest BCUT2D eigenvalue weighted by molar-refractivity contribution is -0.140. The Morgan fingerprint density at radius 2 is 1.65 bits per heavy atom. The summed E-state index contributed by atoms with van der Waals surface area (Å²) in [6.45, 7) is 1.13. The van der Waals surface area contributed by atoms with Crippen LogP contribution in [0.25, 0.3) is 11.1 Å². The summed E-state index contributed by atoms with van der Waals surface area (Å²) in [6, 6.07) is 21.3. The Hall–Kier alpha value is -4.37. The first-order chi connectivity index (χ1) is 17.4. The zero-order valence-corrected chi connectivity index (χ0v) is 21.1. The number of amidine groups is 1. The number of carbonyl (C=O) groups excluding carboxylic acids is 3. The molecule has 0 atom stereocenters. The molecule has 4 N–H and O–H groups in total. The van der Waals surface area contributed by atoms with Crippen LogP contribution < -0.4 is 16.0 Å². The molecular weight excluding hydrogens is 494 g/mol. The molecule has 0 radical (unpaired) electrons. The molecule has 10 heteroatoms. The number of halogens is 1. The van der Waals surface area contributed by atoms with E-state index >= 15 is 0 Å².